The minimum absolute atomic E-state index is 0.0630. The summed E-state index contributed by atoms with van der Waals surface area (Å²) in [5, 5.41) is 2.80. The molecule has 0 spiro atoms. The molecule has 0 radical (unpaired) electrons. The summed E-state index contributed by atoms with van der Waals surface area (Å²) in [7, 11) is 1.76. The van der Waals surface area contributed by atoms with Crippen LogP contribution < -0.4 is 10.1 Å². The SMILES string of the molecule is CN(Cc1ccccc1)C(=O)c1cccc(NC(=O)COc2ccc(C(C)(C)C)cc2)c1. The van der Waals surface area contributed by atoms with Gasteiger partial charge in [-0.2, -0.15) is 0 Å². The Morgan fingerprint density at radius 3 is 2.25 bits per heavy atom. The van der Waals surface area contributed by atoms with E-state index in [1.165, 1.54) is 5.56 Å². The van der Waals surface area contributed by atoms with Gasteiger partial charge in [-0.05, 0) is 46.9 Å². The van der Waals surface area contributed by atoms with Crippen LogP contribution in [0.5, 0.6) is 5.75 Å². The summed E-state index contributed by atoms with van der Waals surface area (Å²) < 4.78 is 5.60. The highest BCUT2D eigenvalue weighted by atomic mass is 16.5. The number of carbonyl (C=O) groups excluding carboxylic acids is 2. The van der Waals surface area contributed by atoms with Crippen LogP contribution >= 0.6 is 0 Å². The van der Waals surface area contributed by atoms with Gasteiger partial charge >= 0.3 is 0 Å². The van der Waals surface area contributed by atoms with Gasteiger partial charge in [0.15, 0.2) is 6.61 Å². The molecule has 0 aliphatic heterocycles. The Hall–Kier alpha value is -3.60. The van der Waals surface area contributed by atoms with E-state index in [0.29, 0.717) is 23.5 Å². The summed E-state index contributed by atoms with van der Waals surface area (Å²) in [6.45, 7) is 6.84. The van der Waals surface area contributed by atoms with E-state index >= 15 is 0 Å². The Labute approximate surface area is 190 Å². The summed E-state index contributed by atoms with van der Waals surface area (Å²) in [5.41, 5.74) is 3.39. The number of nitrogens with zero attached hydrogens (tertiary/aromatic N) is 1. The molecular formula is C27H30N2O3. The van der Waals surface area contributed by atoms with Crippen LogP contribution in [0.4, 0.5) is 5.69 Å². The predicted octanol–water partition coefficient (Wildman–Crippen LogP) is 5.27. The molecule has 3 rings (SSSR count). The normalized spacial score (nSPS) is 11.0. The maximum Gasteiger partial charge on any atom is 0.262 e. The van der Waals surface area contributed by atoms with Crippen molar-refractivity contribution in [3.05, 3.63) is 95.6 Å². The van der Waals surface area contributed by atoms with Crippen molar-refractivity contribution >= 4 is 17.5 Å². The lowest BCUT2D eigenvalue weighted by molar-refractivity contribution is -0.118. The fourth-order valence-corrected chi connectivity index (χ4v) is 3.28. The first kappa shape index (κ1) is 23.1. The van der Waals surface area contributed by atoms with Crippen LogP contribution in [0.15, 0.2) is 78.9 Å². The van der Waals surface area contributed by atoms with E-state index in [-0.39, 0.29) is 23.8 Å². The summed E-state index contributed by atoms with van der Waals surface area (Å²) in [5.74, 6) is 0.242. The third-order valence-corrected chi connectivity index (χ3v) is 5.09. The Morgan fingerprint density at radius 1 is 0.906 bits per heavy atom. The Kier molecular flexibility index (Phi) is 7.31. The van der Waals surface area contributed by atoms with Crippen LogP contribution in [0.1, 0.15) is 42.3 Å². The molecule has 0 saturated carbocycles. The summed E-state index contributed by atoms with van der Waals surface area (Å²) in [6, 6.07) is 24.5. The molecule has 32 heavy (non-hydrogen) atoms. The molecule has 0 saturated heterocycles. The first-order valence-electron chi connectivity index (χ1n) is 10.6. The van der Waals surface area contributed by atoms with Gasteiger partial charge in [0.05, 0.1) is 0 Å². The van der Waals surface area contributed by atoms with Crippen molar-refractivity contribution in [2.24, 2.45) is 0 Å². The average Bonchev–Trinajstić information content (AvgIpc) is 2.77. The number of hydrogen-bond donors (Lipinski definition) is 1. The zero-order valence-electron chi connectivity index (χ0n) is 19.1. The van der Waals surface area contributed by atoms with Gasteiger partial charge in [0.1, 0.15) is 5.75 Å². The fraction of sp³-hybridized carbons (Fsp3) is 0.259. The molecule has 0 fully saturated rings. The van der Waals surface area contributed by atoms with Crippen LogP contribution in [0.2, 0.25) is 0 Å². The summed E-state index contributed by atoms with van der Waals surface area (Å²) in [4.78, 5) is 26.8. The van der Waals surface area contributed by atoms with Gasteiger partial charge in [-0.1, -0.05) is 69.3 Å². The topological polar surface area (TPSA) is 58.6 Å². The second-order valence-corrected chi connectivity index (χ2v) is 8.84. The van der Waals surface area contributed by atoms with Gasteiger partial charge in [0.25, 0.3) is 11.8 Å². The molecule has 0 heterocycles. The van der Waals surface area contributed by atoms with E-state index in [1.54, 1.807) is 36.2 Å². The summed E-state index contributed by atoms with van der Waals surface area (Å²) in [6.07, 6.45) is 0. The Balaban J connectivity index is 1.55. The molecule has 0 aromatic heterocycles. The van der Waals surface area contributed by atoms with Crippen LogP contribution in [0, 0.1) is 0 Å². The van der Waals surface area contributed by atoms with Crippen LogP contribution in [-0.2, 0) is 16.8 Å². The van der Waals surface area contributed by atoms with Gasteiger partial charge in [0.2, 0.25) is 0 Å². The lowest BCUT2D eigenvalue weighted by Gasteiger charge is -2.19. The zero-order chi connectivity index (χ0) is 23.1. The second kappa shape index (κ2) is 10.1. The van der Waals surface area contributed by atoms with Gasteiger partial charge in [0, 0.05) is 24.8 Å². The molecule has 3 aromatic rings. The second-order valence-electron chi connectivity index (χ2n) is 8.84. The molecular weight excluding hydrogens is 400 g/mol. The van der Waals surface area contributed by atoms with Crippen molar-refractivity contribution < 1.29 is 14.3 Å². The van der Waals surface area contributed by atoms with E-state index in [0.717, 1.165) is 5.56 Å². The maximum absolute atomic E-state index is 12.8. The van der Waals surface area contributed by atoms with Gasteiger partial charge in [-0.15, -0.1) is 0 Å². The molecule has 0 atom stereocenters. The summed E-state index contributed by atoms with van der Waals surface area (Å²) >= 11 is 0. The van der Waals surface area contributed by atoms with E-state index in [2.05, 4.69) is 26.1 Å². The number of benzene rings is 3. The third kappa shape index (κ3) is 6.45. The van der Waals surface area contributed by atoms with Crippen molar-refractivity contribution in [1.29, 1.82) is 0 Å². The van der Waals surface area contributed by atoms with E-state index < -0.39 is 0 Å². The Bertz CT molecular complexity index is 1050. The fourth-order valence-electron chi connectivity index (χ4n) is 3.28. The molecule has 166 valence electrons. The van der Waals surface area contributed by atoms with Gasteiger partial charge < -0.3 is 15.0 Å². The number of amides is 2. The number of rotatable bonds is 7. The maximum atomic E-state index is 12.8. The number of hydrogen-bond acceptors (Lipinski definition) is 3. The Morgan fingerprint density at radius 2 is 1.59 bits per heavy atom. The monoisotopic (exact) mass is 430 g/mol. The van der Waals surface area contributed by atoms with Crippen molar-refractivity contribution in [3.8, 4) is 5.75 Å². The molecule has 0 bridgehead atoms. The molecule has 0 aliphatic carbocycles. The molecule has 0 aliphatic rings. The lowest BCUT2D eigenvalue weighted by Crippen LogP contribution is -2.26. The number of ether oxygens (including phenoxy) is 1. The van der Waals surface area contributed by atoms with Crippen LogP contribution in [0.3, 0.4) is 0 Å². The highest BCUT2D eigenvalue weighted by Crippen LogP contribution is 2.24. The molecule has 0 unspecified atom stereocenters. The number of carbonyl (C=O) groups is 2. The molecule has 3 aromatic carbocycles. The first-order valence-corrected chi connectivity index (χ1v) is 10.6. The average molecular weight is 431 g/mol. The largest absolute Gasteiger partial charge is 0.484 e. The standard InChI is InChI=1S/C27H30N2O3/c1-27(2,3)22-13-15-24(16-14-22)32-19-25(30)28-23-12-8-11-21(17-23)26(31)29(4)18-20-9-6-5-7-10-20/h5-17H,18-19H2,1-4H3,(H,28,30). The quantitative estimate of drug-likeness (QED) is 0.555. The van der Waals surface area contributed by atoms with E-state index in [9.17, 15) is 9.59 Å². The minimum atomic E-state index is -0.285. The van der Waals surface area contributed by atoms with Gasteiger partial charge in [-0.3, -0.25) is 9.59 Å². The van der Waals surface area contributed by atoms with Gasteiger partial charge in [-0.25, -0.2) is 0 Å². The number of nitrogens with one attached hydrogen (secondary N) is 1. The highest BCUT2D eigenvalue weighted by Gasteiger charge is 2.15. The number of anilines is 1. The van der Waals surface area contributed by atoms with Crippen LogP contribution in [-0.4, -0.2) is 30.4 Å². The minimum Gasteiger partial charge on any atom is -0.484 e. The highest BCUT2D eigenvalue weighted by molar-refractivity contribution is 5.97. The smallest absolute Gasteiger partial charge is 0.262 e. The van der Waals surface area contributed by atoms with E-state index in [1.807, 2.05) is 54.6 Å². The van der Waals surface area contributed by atoms with Crippen molar-refractivity contribution in [2.45, 2.75) is 32.7 Å². The molecule has 5 heteroatoms. The molecule has 5 nitrogen and oxygen atoms in total. The van der Waals surface area contributed by atoms with Crippen LogP contribution in [0.25, 0.3) is 0 Å². The first-order chi connectivity index (χ1) is 15.2. The van der Waals surface area contributed by atoms with Crippen molar-refractivity contribution in [1.82, 2.24) is 4.90 Å². The van der Waals surface area contributed by atoms with E-state index in [4.69, 9.17) is 4.74 Å². The zero-order valence-corrected chi connectivity index (χ0v) is 19.1. The molecule has 1 N–H and O–H groups in total. The van der Waals surface area contributed by atoms with Crippen molar-refractivity contribution in [3.63, 3.8) is 0 Å². The lowest BCUT2D eigenvalue weighted by atomic mass is 9.87. The molecule has 2 amide bonds. The van der Waals surface area contributed by atoms with Crippen molar-refractivity contribution in [2.75, 3.05) is 19.0 Å². The predicted molar refractivity (Wildman–Crippen MR) is 128 cm³/mol. The third-order valence-electron chi connectivity index (χ3n) is 5.09.